The fourth-order valence-corrected chi connectivity index (χ4v) is 4.47. The summed E-state index contributed by atoms with van der Waals surface area (Å²) in [5.41, 5.74) is 0.752. The molecule has 0 spiro atoms. The lowest BCUT2D eigenvalue weighted by Gasteiger charge is -2.36. The lowest BCUT2D eigenvalue weighted by molar-refractivity contribution is 0.0664. The second kappa shape index (κ2) is 10.1. The first-order valence-corrected chi connectivity index (χ1v) is 10.8. The average molecular weight is 404 g/mol. The van der Waals surface area contributed by atoms with Gasteiger partial charge in [0.05, 0.1) is 4.88 Å². The zero-order valence-corrected chi connectivity index (χ0v) is 17.6. The van der Waals surface area contributed by atoms with Crippen molar-refractivity contribution < 1.29 is 9.18 Å². The Hall–Kier alpha value is -1.76. The van der Waals surface area contributed by atoms with Crippen molar-refractivity contribution in [3.8, 4) is 0 Å². The van der Waals surface area contributed by atoms with Crippen LogP contribution in [0.5, 0.6) is 0 Å². The smallest absolute Gasteiger partial charge is 0.263 e. The van der Waals surface area contributed by atoms with Crippen LogP contribution in [0.4, 0.5) is 4.39 Å². The maximum absolute atomic E-state index is 14.0. The molecular weight excluding hydrogens is 373 g/mol. The largest absolute Gasteiger partial charge is 0.336 e. The van der Waals surface area contributed by atoms with Crippen molar-refractivity contribution in [3.05, 3.63) is 58.0 Å². The normalized spacial score (nSPS) is 17.8. The minimum Gasteiger partial charge on any atom is -0.336 e. The Kier molecular flexibility index (Phi) is 7.59. The van der Waals surface area contributed by atoms with Gasteiger partial charge in [0.2, 0.25) is 0 Å². The summed E-state index contributed by atoms with van der Waals surface area (Å²) in [5.74, 6) is 0.416. The van der Waals surface area contributed by atoms with Crippen LogP contribution >= 0.6 is 11.3 Å². The predicted molar refractivity (Wildman–Crippen MR) is 113 cm³/mol. The first-order valence-electron chi connectivity index (χ1n) is 9.96. The molecule has 1 saturated heterocycles. The van der Waals surface area contributed by atoms with E-state index in [0.29, 0.717) is 12.5 Å². The first kappa shape index (κ1) is 21.0. The minimum atomic E-state index is -0.134. The zero-order valence-electron chi connectivity index (χ0n) is 16.8. The van der Waals surface area contributed by atoms with Crippen molar-refractivity contribution in [2.45, 2.75) is 19.4 Å². The Morgan fingerprint density at radius 3 is 2.75 bits per heavy atom. The molecule has 1 fully saturated rings. The molecule has 6 heteroatoms. The van der Waals surface area contributed by atoms with Crippen LogP contribution in [0.25, 0.3) is 0 Å². The number of thiophene rings is 1. The first-order chi connectivity index (χ1) is 13.5. The lowest BCUT2D eigenvalue weighted by Crippen LogP contribution is -2.44. The standard InChI is InChI=1S/C22H30FN3OS/c1-24(2)12-13-26(22(27)21-10-6-14-28-21)16-18-7-5-11-25(15-18)17-19-8-3-4-9-20(19)23/h3-4,6,8-10,14,18H,5,7,11-13,15-17H2,1-2H3/t18-/m1/s1. The molecule has 1 aromatic heterocycles. The van der Waals surface area contributed by atoms with Crippen LogP contribution in [0.3, 0.4) is 0 Å². The van der Waals surface area contributed by atoms with Gasteiger partial charge in [0.25, 0.3) is 5.91 Å². The van der Waals surface area contributed by atoms with Gasteiger partial charge in [-0.25, -0.2) is 4.39 Å². The number of likely N-dealkylation sites (N-methyl/N-ethyl adjacent to an activating group) is 1. The molecule has 0 aliphatic carbocycles. The molecule has 28 heavy (non-hydrogen) atoms. The summed E-state index contributed by atoms with van der Waals surface area (Å²) in [5, 5.41) is 1.95. The molecule has 1 atom stereocenters. The summed E-state index contributed by atoms with van der Waals surface area (Å²) in [6.45, 7) is 4.88. The van der Waals surface area contributed by atoms with Crippen LogP contribution in [0, 0.1) is 11.7 Å². The number of hydrogen-bond acceptors (Lipinski definition) is 4. The van der Waals surface area contributed by atoms with Crippen molar-refractivity contribution >= 4 is 17.2 Å². The number of nitrogens with zero attached hydrogens (tertiary/aromatic N) is 3. The van der Waals surface area contributed by atoms with Crippen LogP contribution in [-0.2, 0) is 6.54 Å². The van der Waals surface area contributed by atoms with Gasteiger partial charge in [-0.05, 0) is 56.9 Å². The predicted octanol–water partition coefficient (Wildman–Crippen LogP) is 3.80. The molecule has 1 aliphatic rings. The Balaban J connectivity index is 1.62. The number of rotatable bonds is 8. The topological polar surface area (TPSA) is 26.8 Å². The third kappa shape index (κ3) is 5.87. The van der Waals surface area contributed by atoms with E-state index in [4.69, 9.17) is 0 Å². The number of carbonyl (C=O) groups excluding carboxylic acids is 1. The fourth-order valence-electron chi connectivity index (χ4n) is 3.78. The molecule has 0 saturated carbocycles. The van der Waals surface area contributed by atoms with Crippen LogP contribution in [0.2, 0.25) is 0 Å². The molecule has 1 aliphatic heterocycles. The minimum absolute atomic E-state index is 0.128. The van der Waals surface area contributed by atoms with Crippen LogP contribution in [0.15, 0.2) is 41.8 Å². The molecule has 0 unspecified atom stereocenters. The van der Waals surface area contributed by atoms with Gasteiger partial charge in [-0.15, -0.1) is 11.3 Å². The molecule has 0 bridgehead atoms. The highest BCUT2D eigenvalue weighted by Crippen LogP contribution is 2.22. The Morgan fingerprint density at radius 1 is 1.21 bits per heavy atom. The van der Waals surface area contributed by atoms with E-state index < -0.39 is 0 Å². The van der Waals surface area contributed by atoms with Gasteiger partial charge in [0.15, 0.2) is 0 Å². The number of benzene rings is 1. The highest BCUT2D eigenvalue weighted by molar-refractivity contribution is 7.12. The van der Waals surface area contributed by atoms with E-state index in [1.807, 2.05) is 48.6 Å². The Morgan fingerprint density at radius 2 is 2.04 bits per heavy atom. The Bertz CT molecular complexity index is 750. The monoisotopic (exact) mass is 403 g/mol. The quantitative estimate of drug-likeness (QED) is 0.671. The van der Waals surface area contributed by atoms with E-state index in [9.17, 15) is 9.18 Å². The van der Waals surface area contributed by atoms with Crippen molar-refractivity contribution in [2.24, 2.45) is 5.92 Å². The third-order valence-electron chi connectivity index (χ3n) is 5.27. The zero-order chi connectivity index (χ0) is 19.9. The van der Waals surface area contributed by atoms with E-state index >= 15 is 0 Å². The summed E-state index contributed by atoms with van der Waals surface area (Å²) < 4.78 is 14.0. The number of halogens is 1. The maximum atomic E-state index is 14.0. The summed E-state index contributed by atoms with van der Waals surface area (Å²) in [6, 6.07) is 10.8. The number of amides is 1. The number of likely N-dealkylation sites (tertiary alicyclic amines) is 1. The van der Waals surface area contributed by atoms with Gasteiger partial charge < -0.3 is 9.80 Å². The maximum Gasteiger partial charge on any atom is 0.263 e. The molecule has 2 heterocycles. The van der Waals surface area contributed by atoms with Gasteiger partial charge in [0, 0.05) is 38.3 Å². The van der Waals surface area contributed by atoms with Crippen molar-refractivity contribution in [3.63, 3.8) is 0 Å². The summed E-state index contributed by atoms with van der Waals surface area (Å²) >= 11 is 1.50. The Labute approximate surface area is 171 Å². The number of hydrogen-bond donors (Lipinski definition) is 0. The molecule has 1 amide bonds. The second-order valence-electron chi connectivity index (χ2n) is 7.87. The van der Waals surface area contributed by atoms with Crippen molar-refractivity contribution in [1.29, 1.82) is 0 Å². The lowest BCUT2D eigenvalue weighted by atomic mass is 9.96. The van der Waals surface area contributed by atoms with Gasteiger partial charge in [-0.3, -0.25) is 9.69 Å². The van der Waals surface area contributed by atoms with E-state index in [1.165, 1.54) is 17.4 Å². The van der Waals surface area contributed by atoms with Crippen LogP contribution in [-0.4, -0.2) is 67.4 Å². The van der Waals surface area contributed by atoms with Crippen LogP contribution in [0.1, 0.15) is 28.1 Å². The van der Waals surface area contributed by atoms with Gasteiger partial charge >= 0.3 is 0 Å². The highest BCUT2D eigenvalue weighted by atomic mass is 32.1. The molecule has 2 aromatic rings. The van der Waals surface area contributed by atoms with Gasteiger partial charge in [-0.2, -0.15) is 0 Å². The summed E-state index contributed by atoms with van der Waals surface area (Å²) in [4.78, 5) is 20.2. The van der Waals surface area contributed by atoms with E-state index in [1.54, 1.807) is 6.07 Å². The molecule has 4 nitrogen and oxygen atoms in total. The number of carbonyl (C=O) groups is 1. The fraction of sp³-hybridized carbons (Fsp3) is 0.500. The SMILES string of the molecule is CN(C)CCN(C[C@@H]1CCCN(Cc2ccccc2F)C1)C(=O)c1cccs1. The molecular formula is C22H30FN3OS. The van der Waals surface area contributed by atoms with E-state index in [0.717, 1.165) is 56.0 Å². The van der Waals surface area contributed by atoms with Crippen molar-refractivity contribution in [2.75, 3.05) is 46.8 Å². The number of piperidine rings is 1. The third-order valence-corrected chi connectivity index (χ3v) is 6.13. The van der Waals surface area contributed by atoms with Crippen molar-refractivity contribution in [1.82, 2.24) is 14.7 Å². The molecule has 0 radical (unpaired) electrons. The average Bonchev–Trinajstić information content (AvgIpc) is 3.21. The summed E-state index contributed by atoms with van der Waals surface area (Å²) in [6.07, 6.45) is 2.21. The van der Waals surface area contributed by atoms with E-state index in [2.05, 4.69) is 9.80 Å². The van der Waals surface area contributed by atoms with Crippen LogP contribution < -0.4 is 0 Å². The second-order valence-corrected chi connectivity index (χ2v) is 8.81. The molecule has 0 N–H and O–H groups in total. The molecule has 3 rings (SSSR count). The molecule has 152 valence electrons. The van der Waals surface area contributed by atoms with E-state index in [-0.39, 0.29) is 11.7 Å². The highest BCUT2D eigenvalue weighted by Gasteiger charge is 2.25. The molecule has 1 aromatic carbocycles. The summed E-state index contributed by atoms with van der Waals surface area (Å²) in [7, 11) is 4.06. The van der Waals surface area contributed by atoms with Gasteiger partial charge in [-0.1, -0.05) is 24.3 Å². The van der Waals surface area contributed by atoms with Gasteiger partial charge in [0.1, 0.15) is 5.82 Å².